The van der Waals surface area contributed by atoms with Crippen LogP contribution >= 0.6 is 0 Å². The number of nitrogens with two attached hydrogens (primary N) is 1. The topological polar surface area (TPSA) is 35.7 Å². The van der Waals surface area contributed by atoms with Crippen LogP contribution in [-0.4, -0.2) is 68.1 Å². The Morgan fingerprint density at radius 3 is 2.35 bits per heavy atom. The summed E-state index contributed by atoms with van der Waals surface area (Å²) in [6.07, 6.45) is 0. The number of likely N-dealkylation sites (N-methyl/N-ethyl adjacent to an activating group) is 1. The van der Waals surface area contributed by atoms with Gasteiger partial charge < -0.3 is 10.6 Å². The highest BCUT2D eigenvalue weighted by Crippen LogP contribution is 2.14. The fourth-order valence-corrected chi connectivity index (χ4v) is 2.54. The van der Waals surface area contributed by atoms with Crippen molar-refractivity contribution in [2.45, 2.75) is 6.54 Å². The van der Waals surface area contributed by atoms with Crippen LogP contribution < -0.4 is 5.73 Å². The van der Waals surface area contributed by atoms with Crippen molar-refractivity contribution in [1.82, 2.24) is 14.7 Å². The first kappa shape index (κ1) is 15.2. The second-order valence-electron chi connectivity index (χ2n) is 5.81. The molecule has 0 radical (unpaired) electrons. The maximum absolute atomic E-state index is 13.3. The van der Waals surface area contributed by atoms with Crippen molar-refractivity contribution >= 4 is 5.69 Å². The summed E-state index contributed by atoms with van der Waals surface area (Å²) in [6, 6.07) is 4.80. The molecule has 0 spiro atoms. The van der Waals surface area contributed by atoms with Gasteiger partial charge in [-0.2, -0.15) is 0 Å². The van der Waals surface area contributed by atoms with E-state index in [1.165, 1.54) is 6.07 Å². The predicted octanol–water partition coefficient (Wildman–Crippen LogP) is 1.09. The molecule has 0 amide bonds. The van der Waals surface area contributed by atoms with Crippen LogP contribution in [-0.2, 0) is 6.54 Å². The van der Waals surface area contributed by atoms with Gasteiger partial charge >= 0.3 is 0 Å². The van der Waals surface area contributed by atoms with Crippen LogP contribution in [0.1, 0.15) is 5.56 Å². The normalized spacial score (nSPS) is 17.8. The van der Waals surface area contributed by atoms with Crippen LogP contribution in [0.25, 0.3) is 0 Å². The molecular weight excluding hydrogens is 255 g/mol. The second kappa shape index (κ2) is 7.02. The van der Waals surface area contributed by atoms with Gasteiger partial charge in [-0.3, -0.25) is 9.80 Å². The molecule has 112 valence electrons. The van der Waals surface area contributed by atoms with E-state index < -0.39 is 0 Å². The van der Waals surface area contributed by atoms with Gasteiger partial charge in [0.25, 0.3) is 0 Å². The fourth-order valence-electron chi connectivity index (χ4n) is 2.54. The van der Waals surface area contributed by atoms with Gasteiger partial charge in [0.1, 0.15) is 5.82 Å². The SMILES string of the molecule is CN(C)CCN1CCN(Cc2cc(N)cc(F)c2)CC1. The minimum Gasteiger partial charge on any atom is -0.399 e. The minimum absolute atomic E-state index is 0.246. The maximum Gasteiger partial charge on any atom is 0.125 e. The maximum atomic E-state index is 13.3. The number of piperazine rings is 1. The molecular formula is C15H25FN4. The first-order chi connectivity index (χ1) is 9.52. The fraction of sp³-hybridized carbons (Fsp3) is 0.600. The highest BCUT2D eigenvalue weighted by molar-refractivity contribution is 5.41. The Morgan fingerprint density at radius 2 is 1.75 bits per heavy atom. The van der Waals surface area contributed by atoms with E-state index in [4.69, 9.17) is 5.73 Å². The zero-order valence-electron chi connectivity index (χ0n) is 12.5. The monoisotopic (exact) mass is 280 g/mol. The number of nitrogens with zero attached hydrogens (tertiary/aromatic N) is 3. The Labute approximate surface area is 120 Å². The quantitative estimate of drug-likeness (QED) is 0.819. The Balaban J connectivity index is 1.79. The lowest BCUT2D eigenvalue weighted by Crippen LogP contribution is -2.47. The Bertz CT molecular complexity index is 408. The van der Waals surface area contributed by atoms with Crippen molar-refractivity contribution in [3.8, 4) is 0 Å². The molecule has 5 heteroatoms. The van der Waals surface area contributed by atoms with E-state index in [0.717, 1.165) is 51.4 Å². The van der Waals surface area contributed by atoms with Gasteiger partial charge in [-0.1, -0.05) is 0 Å². The van der Waals surface area contributed by atoms with Crippen molar-refractivity contribution < 1.29 is 4.39 Å². The Morgan fingerprint density at radius 1 is 1.10 bits per heavy atom. The molecule has 0 atom stereocenters. The number of hydrogen-bond donors (Lipinski definition) is 1. The molecule has 0 unspecified atom stereocenters. The van der Waals surface area contributed by atoms with Crippen LogP contribution in [0.2, 0.25) is 0 Å². The molecule has 1 aromatic carbocycles. The van der Waals surface area contributed by atoms with Crippen molar-refractivity contribution in [1.29, 1.82) is 0 Å². The van der Waals surface area contributed by atoms with E-state index in [0.29, 0.717) is 5.69 Å². The molecule has 0 aliphatic carbocycles. The molecule has 0 bridgehead atoms. The molecule has 1 saturated heterocycles. The van der Waals surface area contributed by atoms with Crippen molar-refractivity contribution in [2.24, 2.45) is 0 Å². The Kier molecular flexibility index (Phi) is 5.34. The molecule has 1 fully saturated rings. The van der Waals surface area contributed by atoms with Gasteiger partial charge in [-0.25, -0.2) is 4.39 Å². The Hall–Kier alpha value is -1.17. The third-order valence-electron chi connectivity index (χ3n) is 3.71. The predicted molar refractivity (Wildman–Crippen MR) is 81.1 cm³/mol. The van der Waals surface area contributed by atoms with E-state index in [1.807, 2.05) is 6.07 Å². The number of hydrogen-bond acceptors (Lipinski definition) is 4. The number of rotatable bonds is 5. The highest BCUT2D eigenvalue weighted by Gasteiger charge is 2.17. The third kappa shape index (κ3) is 4.74. The van der Waals surface area contributed by atoms with Gasteiger partial charge in [-0.05, 0) is 37.9 Å². The van der Waals surface area contributed by atoms with Crippen LogP contribution in [0.5, 0.6) is 0 Å². The smallest absolute Gasteiger partial charge is 0.125 e. The van der Waals surface area contributed by atoms with E-state index >= 15 is 0 Å². The lowest BCUT2D eigenvalue weighted by atomic mass is 10.1. The van der Waals surface area contributed by atoms with Crippen molar-refractivity contribution in [3.05, 3.63) is 29.6 Å². The summed E-state index contributed by atoms with van der Waals surface area (Å²) in [5.41, 5.74) is 7.15. The molecule has 2 N–H and O–H groups in total. The van der Waals surface area contributed by atoms with Gasteiger partial charge in [0.05, 0.1) is 0 Å². The summed E-state index contributed by atoms with van der Waals surface area (Å²) in [5.74, 6) is -0.246. The second-order valence-corrected chi connectivity index (χ2v) is 5.81. The molecule has 1 aliphatic heterocycles. The molecule has 1 heterocycles. The van der Waals surface area contributed by atoms with Crippen molar-refractivity contribution in [3.63, 3.8) is 0 Å². The first-order valence-corrected chi connectivity index (χ1v) is 7.17. The van der Waals surface area contributed by atoms with Gasteiger partial charge in [0.15, 0.2) is 0 Å². The summed E-state index contributed by atoms with van der Waals surface area (Å²) >= 11 is 0. The summed E-state index contributed by atoms with van der Waals surface area (Å²) in [4.78, 5) is 7.05. The molecule has 4 nitrogen and oxygen atoms in total. The molecule has 0 aromatic heterocycles. The summed E-state index contributed by atoms with van der Waals surface area (Å²) in [6.45, 7) is 7.22. The largest absolute Gasteiger partial charge is 0.399 e. The van der Waals surface area contributed by atoms with Crippen LogP contribution in [0, 0.1) is 5.82 Å². The average molecular weight is 280 g/mol. The summed E-state index contributed by atoms with van der Waals surface area (Å²) < 4.78 is 13.3. The number of nitrogen functional groups attached to an aromatic ring is 1. The standard InChI is InChI=1S/C15H25FN4/c1-18(2)3-4-19-5-7-20(8-6-19)12-13-9-14(16)11-15(17)10-13/h9-11H,3-8,12,17H2,1-2H3. The lowest BCUT2D eigenvalue weighted by Gasteiger charge is -2.35. The number of halogens is 1. The summed E-state index contributed by atoms with van der Waals surface area (Å²) in [7, 11) is 4.20. The minimum atomic E-state index is -0.246. The van der Waals surface area contributed by atoms with Gasteiger partial charge in [0.2, 0.25) is 0 Å². The molecule has 1 aliphatic rings. The third-order valence-corrected chi connectivity index (χ3v) is 3.71. The van der Waals surface area contributed by atoms with Crippen LogP contribution in [0.15, 0.2) is 18.2 Å². The van der Waals surface area contributed by atoms with Crippen molar-refractivity contribution in [2.75, 3.05) is 59.1 Å². The van der Waals surface area contributed by atoms with Crippen LogP contribution in [0.3, 0.4) is 0 Å². The lowest BCUT2D eigenvalue weighted by molar-refractivity contribution is 0.120. The number of anilines is 1. The van der Waals surface area contributed by atoms with Crippen LogP contribution in [0.4, 0.5) is 10.1 Å². The van der Waals surface area contributed by atoms with E-state index in [-0.39, 0.29) is 5.82 Å². The van der Waals surface area contributed by atoms with E-state index in [2.05, 4.69) is 28.8 Å². The van der Waals surface area contributed by atoms with E-state index in [1.54, 1.807) is 6.07 Å². The van der Waals surface area contributed by atoms with Gasteiger partial charge in [0, 0.05) is 51.5 Å². The molecule has 2 rings (SSSR count). The van der Waals surface area contributed by atoms with Gasteiger partial charge in [-0.15, -0.1) is 0 Å². The highest BCUT2D eigenvalue weighted by atomic mass is 19.1. The molecule has 1 aromatic rings. The summed E-state index contributed by atoms with van der Waals surface area (Å²) in [5, 5.41) is 0. The zero-order chi connectivity index (χ0) is 14.5. The first-order valence-electron chi connectivity index (χ1n) is 7.17. The zero-order valence-corrected chi connectivity index (χ0v) is 12.5. The molecule has 0 saturated carbocycles. The molecule has 20 heavy (non-hydrogen) atoms. The number of benzene rings is 1. The van der Waals surface area contributed by atoms with E-state index in [9.17, 15) is 4.39 Å². The average Bonchev–Trinajstić information content (AvgIpc) is 2.36.